The summed E-state index contributed by atoms with van der Waals surface area (Å²) < 4.78 is 57.6. The molecule has 0 aliphatic carbocycles. The summed E-state index contributed by atoms with van der Waals surface area (Å²) in [7, 11) is 0. The fourth-order valence-corrected chi connectivity index (χ4v) is 3.29. The summed E-state index contributed by atoms with van der Waals surface area (Å²) in [5.74, 6) is -1.99. The molecule has 0 saturated carbocycles. The van der Waals surface area contributed by atoms with Crippen LogP contribution in [0.2, 0.25) is 0 Å². The monoisotopic (exact) mass is 418 g/mol. The standard InChI is InChI=1S/C23H34F4O2/c1-3-5-7-8-9-10-11-12-14-21(13-6-4-2)29-22(28)18-15-19(23(25,26)27)17-20(24)16-18/h15-17,21H,3-14H2,1-2H3. The van der Waals surface area contributed by atoms with Crippen molar-refractivity contribution in [3.8, 4) is 0 Å². The maximum atomic E-state index is 13.5. The summed E-state index contributed by atoms with van der Waals surface area (Å²) in [5, 5.41) is 0. The van der Waals surface area contributed by atoms with Gasteiger partial charge < -0.3 is 4.74 Å². The molecule has 0 aliphatic heterocycles. The lowest BCUT2D eigenvalue weighted by atomic mass is 10.0. The molecule has 1 aromatic carbocycles. The van der Waals surface area contributed by atoms with Gasteiger partial charge in [0.05, 0.1) is 11.1 Å². The van der Waals surface area contributed by atoms with Crippen LogP contribution in [0.15, 0.2) is 18.2 Å². The molecule has 1 rings (SSSR count). The predicted octanol–water partition coefficient (Wildman–Crippen LogP) is 8.09. The Balaban J connectivity index is 2.57. The Labute approximate surface area is 172 Å². The highest BCUT2D eigenvalue weighted by Gasteiger charge is 2.32. The van der Waals surface area contributed by atoms with Crippen molar-refractivity contribution in [2.45, 2.75) is 103 Å². The Bertz CT molecular complexity index is 599. The molecule has 0 aliphatic rings. The molecule has 0 bridgehead atoms. The van der Waals surface area contributed by atoms with Gasteiger partial charge in [0, 0.05) is 0 Å². The molecule has 1 atom stereocenters. The maximum Gasteiger partial charge on any atom is 0.416 e. The van der Waals surface area contributed by atoms with Crippen molar-refractivity contribution in [1.29, 1.82) is 0 Å². The van der Waals surface area contributed by atoms with Crippen LogP contribution < -0.4 is 0 Å². The summed E-state index contributed by atoms with van der Waals surface area (Å²) in [5.41, 5.74) is -1.58. The Morgan fingerprint density at radius 3 is 2.00 bits per heavy atom. The fourth-order valence-electron chi connectivity index (χ4n) is 3.29. The molecule has 29 heavy (non-hydrogen) atoms. The zero-order valence-electron chi connectivity index (χ0n) is 17.6. The number of benzene rings is 1. The maximum absolute atomic E-state index is 13.5. The van der Waals surface area contributed by atoms with Gasteiger partial charge >= 0.3 is 12.1 Å². The molecule has 1 unspecified atom stereocenters. The summed E-state index contributed by atoms with van der Waals surface area (Å²) >= 11 is 0. The van der Waals surface area contributed by atoms with Crippen LogP contribution in [-0.2, 0) is 10.9 Å². The minimum Gasteiger partial charge on any atom is -0.459 e. The van der Waals surface area contributed by atoms with Crippen LogP contribution in [0.3, 0.4) is 0 Å². The highest BCUT2D eigenvalue weighted by atomic mass is 19.4. The number of halogens is 4. The number of rotatable bonds is 14. The van der Waals surface area contributed by atoms with E-state index in [9.17, 15) is 22.4 Å². The second-order valence-corrected chi connectivity index (χ2v) is 7.66. The molecule has 6 heteroatoms. The van der Waals surface area contributed by atoms with Crippen LogP contribution in [0.25, 0.3) is 0 Å². The Hall–Kier alpha value is -1.59. The van der Waals surface area contributed by atoms with E-state index in [1.165, 1.54) is 32.1 Å². The van der Waals surface area contributed by atoms with Crippen LogP contribution in [-0.4, -0.2) is 12.1 Å². The third kappa shape index (κ3) is 10.7. The first-order valence-corrected chi connectivity index (χ1v) is 10.9. The quantitative estimate of drug-likeness (QED) is 0.173. The van der Waals surface area contributed by atoms with E-state index in [1.807, 2.05) is 6.92 Å². The number of ether oxygens (including phenoxy) is 1. The average molecular weight is 419 g/mol. The molecule has 0 amide bonds. The molecular formula is C23H34F4O2. The lowest BCUT2D eigenvalue weighted by Crippen LogP contribution is -2.19. The van der Waals surface area contributed by atoms with Crippen LogP contribution in [0.4, 0.5) is 17.6 Å². The van der Waals surface area contributed by atoms with Gasteiger partial charge in [0.15, 0.2) is 0 Å². The number of carbonyl (C=O) groups is 1. The lowest BCUT2D eigenvalue weighted by Gasteiger charge is -2.18. The number of carbonyl (C=O) groups excluding carboxylic acids is 1. The van der Waals surface area contributed by atoms with E-state index in [4.69, 9.17) is 4.74 Å². The minimum absolute atomic E-state index is 0.347. The summed E-state index contributed by atoms with van der Waals surface area (Å²) in [4.78, 5) is 12.3. The van der Waals surface area contributed by atoms with E-state index in [-0.39, 0.29) is 6.10 Å². The Morgan fingerprint density at radius 1 is 0.862 bits per heavy atom. The van der Waals surface area contributed by atoms with Gasteiger partial charge in [-0.2, -0.15) is 13.2 Å². The van der Waals surface area contributed by atoms with E-state index >= 15 is 0 Å². The highest BCUT2D eigenvalue weighted by molar-refractivity contribution is 5.89. The molecule has 0 spiro atoms. The zero-order valence-corrected chi connectivity index (χ0v) is 17.6. The molecule has 166 valence electrons. The number of hydrogen-bond acceptors (Lipinski definition) is 2. The van der Waals surface area contributed by atoms with Crippen molar-refractivity contribution < 1.29 is 27.1 Å². The third-order valence-electron chi connectivity index (χ3n) is 4.99. The summed E-state index contributed by atoms with van der Waals surface area (Å²) in [6.07, 6.45) is 7.38. The number of unbranched alkanes of at least 4 members (excludes halogenated alkanes) is 8. The second kappa shape index (κ2) is 13.6. The number of esters is 1. The molecule has 0 N–H and O–H groups in total. The van der Waals surface area contributed by atoms with Gasteiger partial charge in [-0.15, -0.1) is 0 Å². The topological polar surface area (TPSA) is 26.3 Å². The van der Waals surface area contributed by atoms with Crippen molar-refractivity contribution in [1.82, 2.24) is 0 Å². The first-order valence-electron chi connectivity index (χ1n) is 10.9. The number of hydrogen-bond donors (Lipinski definition) is 0. The largest absolute Gasteiger partial charge is 0.459 e. The van der Waals surface area contributed by atoms with E-state index < -0.39 is 29.1 Å². The first kappa shape index (κ1) is 25.4. The average Bonchev–Trinajstić information content (AvgIpc) is 2.66. The van der Waals surface area contributed by atoms with Crippen LogP contribution in [0.5, 0.6) is 0 Å². The van der Waals surface area contributed by atoms with Gasteiger partial charge in [0.25, 0.3) is 0 Å². The number of alkyl halides is 3. The smallest absolute Gasteiger partial charge is 0.416 e. The molecule has 0 aromatic heterocycles. The van der Waals surface area contributed by atoms with E-state index in [2.05, 4.69) is 6.92 Å². The Kier molecular flexibility index (Phi) is 11.9. The van der Waals surface area contributed by atoms with Gasteiger partial charge in [-0.25, -0.2) is 9.18 Å². The molecule has 1 aromatic rings. The highest BCUT2D eigenvalue weighted by Crippen LogP contribution is 2.30. The predicted molar refractivity (Wildman–Crippen MR) is 107 cm³/mol. The van der Waals surface area contributed by atoms with Gasteiger partial charge in [-0.05, 0) is 37.5 Å². The SMILES string of the molecule is CCCCCCCCCCC(CCCC)OC(=O)c1cc(F)cc(C(F)(F)F)c1. The molecular weight excluding hydrogens is 384 g/mol. The van der Waals surface area contributed by atoms with E-state index in [1.54, 1.807) is 0 Å². The van der Waals surface area contributed by atoms with E-state index in [0.29, 0.717) is 25.0 Å². The molecule has 0 heterocycles. The van der Waals surface area contributed by atoms with Crippen molar-refractivity contribution in [3.63, 3.8) is 0 Å². The van der Waals surface area contributed by atoms with Crippen molar-refractivity contribution in [2.24, 2.45) is 0 Å². The van der Waals surface area contributed by atoms with Gasteiger partial charge in [0.1, 0.15) is 11.9 Å². The Morgan fingerprint density at radius 2 is 1.41 bits per heavy atom. The summed E-state index contributed by atoms with van der Waals surface area (Å²) in [6, 6.07) is 1.83. The second-order valence-electron chi connectivity index (χ2n) is 7.66. The fraction of sp³-hybridized carbons (Fsp3) is 0.696. The first-order chi connectivity index (χ1) is 13.8. The molecule has 0 saturated heterocycles. The molecule has 2 nitrogen and oxygen atoms in total. The van der Waals surface area contributed by atoms with Crippen molar-refractivity contribution in [2.75, 3.05) is 0 Å². The van der Waals surface area contributed by atoms with Crippen LogP contribution in [0, 0.1) is 5.82 Å². The van der Waals surface area contributed by atoms with Crippen LogP contribution >= 0.6 is 0 Å². The third-order valence-corrected chi connectivity index (χ3v) is 4.99. The van der Waals surface area contributed by atoms with E-state index in [0.717, 1.165) is 38.2 Å². The molecule has 0 fully saturated rings. The lowest BCUT2D eigenvalue weighted by molar-refractivity contribution is -0.137. The van der Waals surface area contributed by atoms with Gasteiger partial charge in [0.2, 0.25) is 0 Å². The summed E-state index contributed by atoms with van der Waals surface area (Å²) in [6.45, 7) is 4.21. The van der Waals surface area contributed by atoms with Crippen LogP contribution in [0.1, 0.15) is 107 Å². The minimum atomic E-state index is -4.71. The van der Waals surface area contributed by atoms with Crippen molar-refractivity contribution >= 4 is 5.97 Å². The van der Waals surface area contributed by atoms with Gasteiger partial charge in [-0.3, -0.25) is 0 Å². The molecule has 0 radical (unpaired) electrons. The normalized spacial score (nSPS) is 12.8. The van der Waals surface area contributed by atoms with Crippen molar-refractivity contribution in [3.05, 3.63) is 35.1 Å². The zero-order chi connectivity index (χ0) is 21.7. The van der Waals surface area contributed by atoms with Gasteiger partial charge in [-0.1, -0.05) is 71.6 Å².